The molecule has 3 nitrogen and oxygen atoms in total. The zero-order chi connectivity index (χ0) is 13.9. The van der Waals surface area contributed by atoms with Crippen molar-refractivity contribution in [3.8, 4) is 5.75 Å². The van der Waals surface area contributed by atoms with E-state index in [0.717, 1.165) is 0 Å². The number of benzene rings is 1. The quantitative estimate of drug-likeness (QED) is 0.784. The van der Waals surface area contributed by atoms with Gasteiger partial charge in [-0.05, 0) is 23.6 Å². The molecule has 18 heavy (non-hydrogen) atoms. The van der Waals surface area contributed by atoms with Crippen LogP contribution in [0.5, 0.6) is 5.75 Å². The van der Waals surface area contributed by atoms with Crippen LogP contribution in [0.4, 0.5) is 4.39 Å². The van der Waals surface area contributed by atoms with Crippen molar-refractivity contribution in [1.82, 2.24) is 0 Å². The van der Waals surface area contributed by atoms with Crippen LogP contribution in [0.3, 0.4) is 0 Å². The average molecular weight is 295 g/mol. The van der Waals surface area contributed by atoms with Gasteiger partial charge in [0.2, 0.25) is 9.05 Å². The van der Waals surface area contributed by atoms with Crippen LogP contribution in [-0.2, 0) is 9.05 Å². The Balaban J connectivity index is 3.11. The third-order valence-electron chi connectivity index (χ3n) is 2.79. The summed E-state index contributed by atoms with van der Waals surface area (Å²) in [6.07, 6.45) is 0. The van der Waals surface area contributed by atoms with Crippen LogP contribution in [-0.4, -0.2) is 21.3 Å². The molecule has 0 saturated heterocycles. The summed E-state index contributed by atoms with van der Waals surface area (Å²) in [7, 11) is 3.02. The van der Waals surface area contributed by atoms with Gasteiger partial charge in [-0.25, -0.2) is 12.8 Å². The Morgan fingerprint density at radius 2 is 2.00 bits per heavy atom. The number of rotatable bonds is 5. The summed E-state index contributed by atoms with van der Waals surface area (Å²) in [4.78, 5) is 0. The molecular formula is C12H16ClFO3S. The Bertz CT molecular complexity index is 514. The molecule has 6 heteroatoms. The Morgan fingerprint density at radius 3 is 2.39 bits per heavy atom. The van der Waals surface area contributed by atoms with Crippen LogP contribution < -0.4 is 4.74 Å². The first-order valence-corrected chi connectivity index (χ1v) is 7.98. The lowest BCUT2D eigenvalue weighted by molar-refractivity contribution is 0.385. The van der Waals surface area contributed by atoms with E-state index in [9.17, 15) is 12.8 Å². The minimum Gasteiger partial charge on any atom is -0.494 e. The Hall–Kier alpha value is -0.810. The summed E-state index contributed by atoms with van der Waals surface area (Å²) in [5, 5.41) is 0. The minimum atomic E-state index is -3.63. The van der Waals surface area contributed by atoms with E-state index in [0.29, 0.717) is 5.56 Å². The molecule has 0 aliphatic carbocycles. The van der Waals surface area contributed by atoms with Gasteiger partial charge in [0.1, 0.15) is 0 Å². The number of hydrogen-bond acceptors (Lipinski definition) is 3. The number of ether oxygens (including phenoxy) is 1. The number of halogens is 2. The predicted molar refractivity (Wildman–Crippen MR) is 70.2 cm³/mol. The van der Waals surface area contributed by atoms with Crippen LogP contribution in [0.2, 0.25) is 0 Å². The normalized spacial score (nSPS) is 13.7. The highest BCUT2D eigenvalue weighted by molar-refractivity contribution is 8.13. The summed E-state index contributed by atoms with van der Waals surface area (Å²) in [5.41, 5.74) is 0.604. The largest absolute Gasteiger partial charge is 0.494 e. The maximum Gasteiger partial charge on any atom is 0.233 e. The minimum absolute atomic E-state index is 0.0336. The molecule has 0 spiro atoms. The first-order chi connectivity index (χ1) is 8.24. The summed E-state index contributed by atoms with van der Waals surface area (Å²) >= 11 is 0. The van der Waals surface area contributed by atoms with Crippen molar-refractivity contribution in [2.45, 2.75) is 19.8 Å². The molecule has 0 aliphatic heterocycles. The van der Waals surface area contributed by atoms with Crippen LogP contribution in [0.1, 0.15) is 25.3 Å². The number of hydrogen-bond donors (Lipinski definition) is 0. The summed E-state index contributed by atoms with van der Waals surface area (Å²) < 4.78 is 40.8. The van der Waals surface area contributed by atoms with Gasteiger partial charge >= 0.3 is 0 Å². The van der Waals surface area contributed by atoms with Crippen LogP contribution >= 0.6 is 10.7 Å². The lowest BCUT2D eigenvalue weighted by Gasteiger charge is -2.20. The molecule has 0 bridgehead atoms. The first kappa shape index (κ1) is 15.2. The zero-order valence-electron chi connectivity index (χ0n) is 10.5. The lowest BCUT2D eigenvalue weighted by atomic mass is 9.90. The van der Waals surface area contributed by atoms with Crippen molar-refractivity contribution in [3.63, 3.8) is 0 Å². The summed E-state index contributed by atoms with van der Waals surface area (Å²) in [6.45, 7) is 3.74. The maximum absolute atomic E-state index is 13.6. The molecule has 0 radical (unpaired) electrons. The smallest absolute Gasteiger partial charge is 0.233 e. The van der Waals surface area contributed by atoms with Gasteiger partial charge in [0.25, 0.3) is 0 Å². The van der Waals surface area contributed by atoms with Crippen molar-refractivity contribution in [2.75, 3.05) is 12.9 Å². The van der Waals surface area contributed by atoms with E-state index < -0.39 is 14.9 Å². The molecule has 0 heterocycles. The Kier molecular flexibility index (Phi) is 4.99. The van der Waals surface area contributed by atoms with E-state index in [1.165, 1.54) is 19.2 Å². The monoisotopic (exact) mass is 294 g/mol. The van der Waals surface area contributed by atoms with Crippen molar-refractivity contribution < 1.29 is 17.5 Å². The SMILES string of the molecule is COc1ccc(C(CS(=O)(=O)Cl)C(C)C)cc1F. The van der Waals surface area contributed by atoms with Crippen molar-refractivity contribution in [2.24, 2.45) is 5.92 Å². The third-order valence-corrected chi connectivity index (χ3v) is 3.92. The van der Waals surface area contributed by atoms with Crippen molar-refractivity contribution in [3.05, 3.63) is 29.6 Å². The van der Waals surface area contributed by atoms with Gasteiger partial charge < -0.3 is 4.74 Å². The van der Waals surface area contributed by atoms with Crippen LogP contribution in [0.15, 0.2) is 18.2 Å². The van der Waals surface area contributed by atoms with E-state index in [4.69, 9.17) is 15.4 Å². The molecule has 1 aromatic rings. The van der Waals surface area contributed by atoms with Crippen molar-refractivity contribution >= 4 is 19.7 Å². The van der Waals surface area contributed by atoms with Gasteiger partial charge in [0, 0.05) is 16.6 Å². The molecule has 0 saturated carbocycles. The molecule has 0 aromatic heterocycles. The molecule has 1 atom stereocenters. The van der Waals surface area contributed by atoms with Gasteiger partial charge in [-0.3, -0.25) is 0 Å². The zero-order valence-corrected chi connectivity index (χ0v) is 12.1. The Labute approximate surface area is 111 Å². The van der Waals surface area contributed by atoms with E-state index in [1.807, 2.05) is 13.8 Å². The van der Waals surface area contributed by atoms with Gasteiger partial charge in [0.05, 0.1) is 12.9 Å². The molecular weight excluding hydrogens is 279 g/mol. The molecule has 0 fully saturated rings. The fourth-order valence-corrected chi connectivity index (χ4v) is 3.21. The van der Waals surface area contributed by atoms with E-state index >= 15 is 0 Å². The molecule has 102 valence electrons. The van der Waals surface area contributed by atoms with Gasteiger partial charge in [0.15, 0.2) is 11.6 Å². The molecule has 1 rings (SSSR count). The lowest BCUT2D eigenvalue weighted by Crippen LogP contribution is -2.16. The highest BCUT2D eigenvalue weighted by Gasteiger charge is 2.23. The fraction of sp³-hybridized carbons (Fsp3) is 0.500. The van der Waals surface area contributed by atoms with Crippen LogP contribution in [0.25, 0.3) is 0 Å². The highest BCUT2D eigenvalue weighted by atomic mass is 35.7. The number of methoxy groups -OCH3 is 1. The molecule has 1 unspecified atom stereocenters. The standard InChI is InChI=1S/C12H16ClFO3S/c1-8(2)10(7-18(13,15)16)9-4-5-12(17-3)11(14)6-9/h4-6,8,10H,7H2,1-3H3. The molecule has 0 amide bonds. The van der Waals surface area contributed by atoms with Gasteiger partial charge in [-0.2, -0.15) is 0 Å². The molecule has 0 N–H and O–H groups in total. The second kappa shape index (κ2) is 5.89. The second-order valence-corrected chi connectivity index (χ2v) is 7.27. The third kappa shape index (κ3) is 4.14. The van der Waals surface area contributed by atoms with Gasteiger partial charge in [-0.1, -0.05) is 19.9 Å². The van der Waals surface area contributed by atoms with E-state index in [1.54, 1.807) is 6.07 Å². The van der Waals surface area contributed by atoms with E-state index in [2.05, 4.69) is 0 Å². The Morgan fingerprint density at radius 1 is 1.39 bits per heavy atom. The summed E-state index contributed by atoms with van der Waals surface area (Å²) in [5.74, 6) is -0.889. The molecule has 0 aliphatic rings. The second-order valence-electron chi connectivity index (χ2n) is 4.45. The predicted octanol–water partition coefficient (Wildman–Crippen LogP) is 3.14. The summed E-state index contributed by atoms with van der Waals surface area (Å²) in [6, 6.07) is 4.45. The average Bonchev–Trinajstić information content (AvgIpc) is 2.24. The van der Waals surface area contributed by atoms with Crippen molar-refractivity contribution in [1.29, 1.82) is 0 Å². The molecule has 1 aromatic carbocycles. The fourth-order valence-electron chi connectivity index (χ4n) is 1.80. The van der Waals surface area contributed by atoms with Gasteiger partial charge in [-0.15, -0.1) is 0 Å². The van der Waals surface area contributed by atoms with E-state index in [-0.39, 0.29) is 23.3 Å². The first-order valence-electron chi connectivity index (χ1n) is 5.50. The topological polar surface area (TPSA) is 43.4 Å². The van der Waals surface area contributed by atoms with Crippen LogP contribution in [0, 0.1) is 11.7 Å². The maximum atomic E-state index is 13.6. The highest BCUT2D eigenvalue weighted by Crippen LogP contribution is 2.30.